The first kappa shape index (κ1) is 23.4. The Morgan fingerprint density at radius 3 is 2.18 bits per heavy atom. The van der Waals surface area contributed by atoms with Crippen molar-refractivity contribution in [2.24, 2.45) is 0 Å². The molecule has 176 valence electrons. The molecule has 0 saturated heterocycles. The zero-order valence-electron chi connectivity index (χ0n) is 18.6. The van der Waals surface area contributed by atoms with E-state index in [0.717, 1.165) is 24.3 Å². The van der Waals surface area contributed by atoms with Gasteiger partial charge in [0.25, 0.3) is 0 Å². The fourth-order valence-corrected chi connectivity index (χ4v) is 3.90. The van der Waals surface area contributed by atoms with Crippen LogP contribution in [0.15, 0.2) is 60.8 Å². The van der Waals surface area contributed by atoms with Crippen LogP contribution >= 0.6 is 0 Å². The minimum absolute atomic E-state index is 0.195. The standard InChI is InChI=1S/C26H22F4N2O2/c1-3-31(4-2)26(33)34-24-10-9-23-18(25(24)17-6-8-20(28)22(30)14-17)11-12-32(23)15-16-5-7-19(27)21(29)13-16/h5-14H,3-4,15H2,1-2H3. The zero-order valence-corrected chi connectivity index (χ0v) is 18.6. The third kappa shape index (κ3) is 4.48. The number of rotatable bonds is 6. The molecule has 0 radical (unpaired) electrons. The highest BCUT2D eigenvalue weighted by molar-refractivity contribution is 5.99. The molecule has 0 N–H and O–H groups in total. The predicted octanol–water partition coefficient (Wildman–Crippen LogP) is 6.75. The maximum absolute atomic E-state index is 14.1. The maximum atomic E-state index is 14.1. The number of hydrogen-bond donors (Lipinski definition) is 0. The molecule has 0 unspecified atom stereocenters. The van der Waals surface area contributed by atoms with Gasteiger partial charge in [-0.3, -0.25) is 0 Å². The highest BCUT2D eigenvalue weighted by atomic mass is 19.2. The van der Waals surface area contributed by atoms with Crippen molar-refractivity contribution in [1.29, 1.82) is 0 Å². The Morgan fingerprint density at radius 1 is 0.853 bits per heavy atom. The summed E-state index contributed by atoms with van der Waals surface area (Å²) in [4.78, 5) is 14.1. The summed E-state index contributed by atoms with van der Waals surface area (Å²) in [5.74, 6) is -3.70. The number of benzene rings is 3. The van der Waals surface area contributed by atoms with E-state index in [1.54, 1.807) is 29.0 Å². The Balaban J connectivity index is 1.83. The third-order valence-corrected chi connectivity index (χ3v) is 5.68. The summed E-state index contributed by atoms with van der Waals surface area (Å²) in [6, 6.07) is 12.2. The van der Waals surface area contributed by atoms with Crippen molar-refractivity contribution in [3.63, 3.8) is 0 Å². The molecule has 0 aliphatic heterocycles. The molecule has 0 saturated carbocycles. The van der Waals surface area contributed by atoms with Gasteiger partial charge in [0.15, 0.2) is 23.3 Å². The van der Waals surface area contributed by atoms with E-state index in [1.165, 1.54) is 17.0 Å². The Bertz CT molecular complexity index is 1360. The van der Waals surface area contributed by atoms with Crippen LogP contribution in [0.2, 0.25) is 0 Å². The molecule has 0 aliphatic rings. The van der Waals surface area contributed by atoms with Gasteiger partial charge in [-0.25, -0.2) is 22.4 Å². The van der Waals surface area contributed by atoms with Gasteiger partial charge in [-0.15, -0.1) is 0 Å². The van der Waals surface area contributed by atoms with Gasteiger partial charge in [0.1, 0.15) is 5.75 Å². The SMILES string of the molecule is CCN(CC)C(=O)Oc1ccc2c(ccn2Cc2ccc(F)c(F)c2)c1-c1ccc(F)c(F)c1. The van der Waals surface area contributed by atoms with Crippen LogP contribution in [0.4, 0.5) is 22.4 Å². The summed E-state index contributed by atoms with van der Waals surface area (Å²) in [7, 11) is 0. The van der Waals surface area contributed by atoms with Crippen molar-refractivity contribution in [3.05, 3.63) is 89.6 Å². The quantitative estimate of drug-likeness (QED) is 0.292. The average Bonchev–Trinajstić information content (AvgIpc) is 3.21. The molecule has 34 heavy (non-hydrogen) atoms. The molecule has 3 aromatic carbocycles. The third-order valence-electron chi connectivity index (χ3n) is 5.68. The minimum atomic E-state index is -1.03. The summed E-state index contributed by atoms with van der Waals surface area (Å²) in [5.41, 5.74) is 1.98. The number of aromatic nitrogens is 1. The Kier molecular flexibility index (Phi) is 6.58. The van der Waals surface area contributed by atoms with E-state index in [1.807, 2.05) is 13.8 Å². The van der Waals surface area contributed by atoms with Gasteiger partial charge in [-0.2, -0.15) is 0 Å². The second-order valence-electron chi connectivity index (χ2n) is 7.73. The average molecular weight is 470 g/mol. The molecule has 0 aliphatic carbocycles. The van der Waals surface area contributed by atoms with Gasteiger partial charge in [-0.05, 0) is 67.4 Å². The first-order valence-corrected chi connectivity index (χ1v) is 10.8. The van der Waals surface area contributed by atoms with E-state index >= 15 is 0 Å². The van der Waals surface area contributed by atoms with E-state index in [0.29, 0.717) is 40.7 Å². The number of amides is 1. The van der Waals surface area contributed by atoms with Crippen LogP contribution in [0.1, 0.15) is 19.4 Å². The van der Waals surface area contributed by atoms with E-state index in [9.17, 15) is 22.4 Å². The van der Waals surface area contributed by atoms with Crippen LogP contribution in [-0.4, -0.2) is 28.6 Å². The molecule has 4 aromatic rings. The zero-order chi connectivity index (χ0) is 24.4. The number of halogens is 4. The largest absolute Gasteiger partial charge is 0.415 e. The molecule has 4 nitrogen and oxygen atoms in total. The molecule has 4 rings (SSSR count). The molecule has 1 heterocycles. The highest BCUT2D eigenvalue weighted by Gasteiger charge is 2.20. The lowest BCUT2D eigenvalue weighted by molar-refractivity contribution is 0.157. The van der Waals surface area contributed by atoms with Crippen molar-refractivity contribution in [2.45, 2.75) is 20.4 Å². The second kappa shape index (κ2) is 9.59. The number of hydrogen-bond acceptors (Lipinski definition) is 2. The molecule has 0 bridgehead atoms. The van der Waals surface area contributed by atoms with E-state index in [2.05, 4.69) is 0 Å². The lowest BCUT2D eigenvalue weighted by Gasteiger charge is -2.20. The minimum Gasteiger partial charge on any atom is -0.410 e. The van der Waals surface area contributed by atoms with Crippen molar-refractivity contribution < 1.29 is 27.1 Å². The second-order valence-corrected chi connectivity index (χ2v) is 7.73. The van der Waals surface area contributed by atoms with Crippen LogP contribution in [0, 0.1) is 23.3 Å². The molecule has 0 fully saturated rings. The maximum Gasteiger partial charge on any atom is 0.415 e. The number of fused-ring (bicyclic) bond motifs is 1. The van der Waals surface area contributed by atoms with E-state index in [-0.39, 0.29) is 12.3 Å². The molecule has 0 atom stereocenters. The van der Waals surface area contributed by atoms with Gasteiger partial charge in [0, 0.05) is 42.3 Å². The number of carbonyl (C=O) groups is 1. The summed E-state index contributed by atoms with van der Waals surface area (Å²) >= 11 is 0. The first-order valence-electron chi connectivity index (χ1n) is 10.8. The number of nitrogens with zero attached hydrogens (tertiary/aromatic N) is 2. The van der Waals surface area contributed by atoms with Crippen molar-refractivity contribution >= 4 is 17.0 Å². The molecule has 0 spiro atoms. The van der Waals surface area contributed by atoms with Crippen LogP contribution < -0.4 is 4.74 Å². The van der Waals surface area contributed by atoms with Gasteiger partial charge in [-0.1, -0.05) is 12.1 Å². The fourth-order valence-electron chi connectivity index (χ4n) is 3.90. The predicted molar refractivity (Wildman–Crippen MR) is 122 cm³/mol. The summed E-state index contributed by atoms with van der Waals surface area (Å²) in [6.07, 6.45) is 1.18. The number of carbonyl (C=O) groups excluding carboxylic acids is 1. The normalized spacial score (nSPS) is 11.1. The summed E-state index contributed by atoms with van der Waals surface area (Å²) in [5, 5.41) is 0.624. The lowest BCUT2D eigenvalue weighted by Crippen LogP contribution is -2.33. The molecule has 1 aromatic heterocycles. The molecule has 8 heteroatoms. The van der Waals surface area contributed by atoms with Gasteiger partial charge < -0.3 is 14.2 Å². The Labute approximate surface area is 194 Å². The van der Waals surface area contributed by atoms with Crippen molar-refractivity contribution in [3.8, 4) is 16.9 Å². The smallest absolute Gasteiger partial charge is 0.410 e. The van der Waals surface area contributed by atoms with Crippen molar-refractivity contribution in [1.82, 2.24) is 9.47 Å². The molecular formula is C26H22F4N2O2. The molecular weight excluding hydrogens is 448 g/mol. The van der Waals surface area contributed by atoms with Gasteiger partial charge in [0.2, 0.25) is 0 Å². The number of ether oxygens (including phenoxy) is 1. The Morgan fingerprint density at radius 2 is 1.53 bits per heavy atom. The van der Waals surface area contributed by atoms with Crippen LogP contribution in [-0.2, 0) is 6.54 Å². The summed E-state index contributed by atoms with van der Waals surface area (Å²) in [6.45, 7) is 4.78. The highest BCUT2D eigenvalue weighted by Crippen LogP contribution is 2.38. The van der Waals surface area contributed by atoms with Crippen LogP contribution in [0.25, 0.3) is 22.0 Å². The Hall–Kier alpha value is -3.81. The van der Waals surface area contributed by atoms with Crippen molar-refractivity contribution in [2.75, 3.05) is 13.1 Å². The topological polar surface area (TPSA) is 34.5 Å². The van der Waals surface area contributed by atoms with E-state index in [4.69, 9.17) is 4.74 Å². The lowest BCUT2D eigenvalue weighted by atomic mass is 10.00. The van der Waals surface area contributed by atoms with Crippen LogP contribution in [0.3, 0.4) is 0 Å². The fraction of sp³-hybridized carbons (Fsp3) is 0.192. The monoisotopic (exact) mass is 470 g/mol. The van der Waals surface area contributed by atoms with Gasteiger partial charge >= 0.3 is 6.09 Å². The van der Waals surface area contributed by atoms with Gasteiger partial charge in [0.05, 0.1) is 0 Å². The van der Waals surface area contributed by atoms with Crippen LogP contribution in [0.5, 0.6) is 5.75 Å². The summed E-state index contributed by atoms with van der Waals surface area (Å²) < 4.78 is 62.1. The van der Waals surface area contributed by atoms with E-state index < -0.39 is 29.4 Å². The molecule has 1 amide bonds. The first-order chi connectivity index (χ1) is 16.3.